The average Bonchev–Trinajstić information content (AvgIpc) is 2.03. The lowest BCUT2D eigenvalue weighted by molar-refractivity contribution is 0.202. The van der Waals surface area contributed by atoms with E-state index in [9.17, 15) is 0 Å². The summed E-state index contributed by atoms with van der Waals surface area (Å²) >= 11 is 3.49. The summed E-state index contributed by atoms with van der Waals surface area (Å²) in [6.45, 7) is 11.5. The average molecular weight is 236 g/mol. The molecule has 1 nitrogen and oxygen atoms in total. The van der Waals surface area contributed by atoms with Gasteiger partial charge in [0, 0.05) is 24.5 Å². The van der Waals surface area contributed by atoms with Crippen LogP contribution >= 0.6 is 15.9 Å². The molecule has 1 unspecified atom stereocenters. The van der Waals surface area contributed by atoms with Crippen LogP contribution in [-0.4, -0.2) is 29.4 Å². The standard InChI is InChI=1S/C10H22BrN/c1-5-10(4)8-12(7-6-11)9(2)3/h9-10H,5-8H2,1-4H3. The van der Waals surface area contributed by atoms with Gasteiger partial charge in [0.1, 0.15) is 0 Å². The number of nitrogens with zero attached hydrogens (tertiary/aromatic N) is 1. The molecule has 74 valence electrons. The monoisotopic (exact) mass is 235 g/mol. The number of hydrogen-bond acceptors (Lipinski definition) is 1. The molecule has 0 amide bonds. The zero-order valence-electron chi connectivity index (χ0n) is 8.81. The SMILES string of the molecule is CCC(C)CN(CCBr)C(C)C. The molecule has 0 spiro atoms. The highest BCUT2D eigenvalue weighted by Crippen LogP contribution is 2.07. The molecule has 0 bridgehead atoms. The third-order valence-electron chi connectivity index (χ3n) is 2.35. The summed E-state index contributed by atoms with van der Waals surface area (Å²) in [5.41, 5.74) is 0. The number of alkyl halides is 1. The highest BCUT2D eigenvalue weighted by molar-refractivity contribution is 9.09. The Hall–Kier alpha value is 0.440. The summed E-state index contributed by atoms with van der Waals surface area (Å²) in [6.07, 6.45) is 1.28. The molecule has 0 aliphatic carbocycles. The molecule has 12 heavy (non-hydrogen) atoms. The minimum absolute atomic E-state index is 0.677. The van der Waals surface area contributed by atoms with Gasteiger partial charge in [-0.05, 0) is 19.8 Å². The van der Waals surface area contributed by atoms with Crippen molar-refractivity contribution in [3.8, 4) is 0 Å². The molecule has 0 saturated carbocycles. The van der Waals surface area contributed by atoms with Crippen LogP contribution in [0.15, 0.2) is 0 Å². The molecule has 0 heterocycles. The molecule has 0 saturated heterocycles. The molecule has 0 radical (unpaired) electrons. The van der Waals surface area contributed by atoms with Crippen LogP contribution in [0.1, 0.15) is 34.1 Å². The first-order valence-electron chi connectivity index (χ1n) is 4.91. The van der Waals surface area contributed by atoms with Gasteiger partial charge in [0.2, 0.25) is 0 Å². The van der Waals surface area contributed by atoms with E-state index in [0.29, 0.717) is 6.04 Å². The molecular formula is C10H22BrN. The van der Waals surface area contributed by atoms with Crippen LogP contribution in [0.2, 0.25) is 0 Å². The van der Waals surface area contributed by atoms with E-state index >= 15 is 0 Å². The van der Waals surface area contributed by atoms with Crippen LogP contribution in [0, 0.1) is 5.92 Å². The molecule has 2 heteroatoms. The fourth-order valence-electron chi connectivity index (χ4n) is 1.20. The van der Waals surface area contributed by atoms with Crippen molar-refractivity contribution in [1.29, 1.82) is 0 Å². The van der Waals surface area contributed by atoms with Crippen molar-refractivity contribution in [3.63, 3.8) is 0 Å². The number of hydrogen-bond donors (Lipinski definition) is 0. The predicted molar refractivity (Wildman–Crippen MR) is 60.0 cm³/mol. The second-order valence-corrected chi connectivity index (χ2v) is 4.58. The Bertz CT molecular complexity index is 104. The number of halogens is 1. The third-order valence-corrected chi connectivity index (χ3v) is 2.70. The van der Waals surface area contributed by atoms with Crippen molar-refractivity contribution in [2.75, 3.05) is 18.4 Å². The van der Waals surface area contributed by atoms with Crippen molar-refractivity contribution < 1.29 is 0 Å². The van der Waals surface area contributed by atoms with Gasteiger partial charge in [-0.1, -0.05) is 36.2 Å². The van der Waals surface area contributed by atoms with E-state index in [1.165, 1.54) is 19.5 Å². The van der Waals surface area contributed by atoms with E-state index in [0.717, 1.165) is 11.2 Å². The Morgan fingerprint density at radius 1 is 1.25 bits per heavy atom. The first-order valence-corrected chi connectivity index (χ1v) is 6.04. The molecule has 0 N–H and O–H groups in total. The lowest BCUT2D eigenvalue weighted by Crippen LogP contribution is -2.36. The lowest BCUT2D eigenvalue weighted by atomic mass is 10.1. The summed E-state index contributed by atoms with van der Waals surface area (Å²) < 4.78 is 0. The van der Waals surface area contributed by atoms with E-state index in [1.807, 2.05) is 0 Å². The van der Waals surface area contributed by atoms with Crippen LogP contribution in [0.5, 0.6) is 0 Å². The van der Waals surface area contributed by atoms with Crippen LogP contribution < -0.4 is 0 Å². The summed E-state index contributed by atoms with van der Waals surface area (Å²) in [7, 11) is 0. The van der Waals surface area contributed by atoms with Crippen LogP contribution in [-0.2, 0) is 0 Å². The number of rotatable bonds is 6. The molecule has 0 rings (SSSR count). The molecule has 0 aliphatic heterocycles. The lowest BCUT2D eigenvalue weighted by Gasteiger charge is -2.28. The summed E-state index contributed by atoms with van der Waals surface area (Å²) in [6, 6.07) is 0.677. The van der Waals surface area contributed by atoms with Crippen molar-refractivity contribution in [2.45, 2.75) is 40.2 Å². The second kappa shape index (κ2) is 6.90. The summed E-state index contributed by atoms with van der Waals surface area (Å²) in [5.74, 6) is 0.825. The van der Waals surface area contributed by atoms with E-state index in [1.54, 1.807) is 0 Å². The summed E-state index contributed by atoms with van der Waals surface area (Å²) in [5, 5.41) is 1.08. The zero-order valence-corrected chi connectivity index (χ0v) is 10.4. The Balaban J connectivity index is 3.77. The molecule has 0 aromatic heterocycles. The Kier molecular flexibility index (Phi) is 7.16. The Labute approximate surface area is 85.7 Å². The van der Waals surface area contributed by atoms with Gasteiger partial charge in [-0.3, -0.25) is 4.90 Å². The van der Waals surface area contributed by atoms with Gasteiger partial charge in [0.25, 0.3) is 0 Å². The van der Waals surface area contributed by atoms with E-state index in [2.05, 4.69) is 48.5 Å². The topological polar surface area (TPSA) is 3.24 Å². The van der Waals surface area contributed by atoms with E-state index in [4.69, 9.17) is 0 Å². The smallest absolute Gasteiger partial charge is 0.0159 e. The molecule has 0 aromatic rings. The highest BCUT2D eigenvalue weighted by atomic mass is 79.9. The van der Waals surface area contributed by atoms with Crippen molar-refractivity contribution in [2.24, 2.45) is 5.92 Å². The Morgan fingerprint density at radius 3 is 2.17 bits per heavy atom. The quantitative estimate of drug-likeness (QED) is 0.640. The maximum absolute atomic E-state index is 3.49. The molecule has 0 aromatic carbocycles. The van der Waals surface area contributed by atoms with Crippen molar-refractivity contribution in [1.82, 2.24) is 4.90 Å². The molecule has 1 atom stereocenters. The first-order chi connectivity index (χ1) is 5.61. The first kappa shape index (κ1) is 12.4. The second-order valence-electron chi connectivity index (χ2n) is 3.79. The predicted octanol–water partition coefficient (Wildman–Crippen LogP) is 3.14. The van der Waals surface area contributed by atoms with Gasteiger partial charge < -0.3 is 0 Å². The van der Waals surface area contributed by atoms with Crippen LogP contribution in [0.25, 0.3) is 0 Å². The minimum atomic E-state index is 0.677. The van der Waals surface area contributed by atoms with Crippen LogP contribution in [0.3, 0.4) is 0 Å². The van der Waals surface area contributed by atoms with E-state index < -0.39 is 0 Å². The van der Waals surface area contributed by atoms with Gasteiger partial charge in [-0.2, -0.15) is 0 Å². The Morgan fingerprint density at radius 2 is 1.83 bits per heavy atom. The fraction of sp³-hybridized carbons (Fsp3) is 1.00. The maximum atomic E-state index is 3.49. The van der Waals surface area contributed by atoms with Gasteiger partial charge in [0.05, 0.1) is 0 Å². The van der Waals surface area contributed by atoms with Gasteiger partial charge >= 0.3 is 0 Å². The fourth-order valence-corrected chi connectivity index (χ4v) is 1.65. The van der Waals surface area contributed by atoms with Crippen LogP contribution in [0.4, 0.5) is 0 Å². The van der Waals surface area contributed by atoms with E-state index in [-0.39, 0.29) is 0 Å². The normalized spacial score (nSPS) is 14.2. The van der Waals surface area contributed by atoms with Gasteiger partial charge in [-0.25, -0.2) is 0 Å². The molecular weight excluding hydrogens is 214 g/mol. The minimum Gasteiger partial charge on any atom is -0.300 e. The molecule has 0 aliphatic rings. The maximum Gasteiger partial charge on any atom is 0.0159 e. The molecule has 0 fully saturated rings. The van der Waals surface area contributed by atoms with Crippen molar-refractivity contribution >= 4 is 15.9 Å². The van der Waals surface area contributed by atoms with Crippen molar-refractivity contribution in [3.05, 3.63) is 0 Å². The zero-order chi connectivity index (χ0) is 9.56. The largest absolute Gasteiger partial charge is 0.300 e. The van der Waals surface area contributed by atoms with Gasteiger partial charge in [-0.15, -0.1) is 0 Å². The summed E-state index contributed by atoms with van der Waals surface area (Å²) in [4.78, 5) is 2.53. The highest BCUT2D eigenvalue weighted by Gasteiger charge is 2.10. The van der Waals surface area contributed by atoms with Gasteiger partial charge in [0.15, 0.2) is 0 Å². The third kappa shape index (κ3) is 5.15.